The van der Waals surface area contributed by atoms with Gasteiger partial charge in [-0.2, -0.15) is 5.26 Å². The molecular weight excluding hydrogens is 256 g/mol. The first-order chi connectivity index (χ1) is 9.60. The Morgan fingerprint density at radius 2 is 2.15 bits per heavy atom. The van der Waals surface area contributed by atoms with Crippen molar-refractivity contribution in [2.75, 3.05) is 27.8 Å². The second kappa shape index (κ2) is 8.18. The molecular formula is C15H20N2O3. The van der Waals surface area contributed by atoms with Gasteiger partial charge < -0.3 is 14.4 Å². The van der Waals surface area contributed by atoms with E-state index in [4.69, 9.17) is 10.00 Å². The number of ether oxygens (including phenoxy) is 2. The predicted molar refractivity (Wildman–Crippen MR) is 75.3 cm³/mol. The second-order valence-electron chi connectivity index (χ2n) is 4.56. The van der Waals surface area contributed by atoms with Crippen molar-refractivity contribution in [3.63, 3.8) is 0 Å². The first-order valence-corrected chi connectivity index (χ1v) is 6.43. The van der Waals surface area contributed by atoms with Crippen LogP contribution >= 0.6 is 0 Å². The molecule has 0 saturated carbocycles. The lowest BCUT2D eigenvalue weighted by Crippen LogP contribution is -2.20. The summed E-state index contributed by atoms with van der Waals surface area (Å²) < 4.78 is 9.90. The summed E-state index contributed by atoms with van der Waals surface area (Å²) >= 11 is 0. The van der Waals surface area contributed by atoms with Crippen LogP contribution in [0.3, 0.4) is 0 Å². The number of methoxy groups -OCH3 is 2. The van der Waals surface area contributed by atoms with Gasteiger partial charge in [-0.3, -0.25) is 4.79 Å². The van der Waals surface area contributed by atoms with Crippen molar-refractivity contribution in [2.45, 2.75) is 19.4 Å². The summed E-state index contributed by atoms with van der Waals surface area (Å²) in [6.07, 6.45) is 1.15. The van der Waals surface area contributed by atoms with Gasteiger partial charge in [0, 0.05) is 18.5 Å². The molecule has 0 atom stereocenters. The van der Waals surface area contributed by atoms with Gasteiger partial charge in [0.05, 0.1) is 25.9 Å². The normalized spacial score (nSPS) is 10.2. The number of esters is 1. The summed E-state index contributed by atoms with van der Waals surface area (Å²) in [4.78, 5) is 13.1. The smallest absolute Gasteiger partial charge is 0.305 e. The van der Waals surface area contributed by atoms with Crippen molar-refractivity contribution in [2.24, 2.45) is 0 Å². The summed E-state index contributed by atoms with van der Waals surface area (Å²) in [6.45, 7) is 1.44. The Morgan fingerprint density at radius 1 is 1.40 bits per heavy atom. The Labute approximate surface area is 119 Å². The van der Waals surface area contributed by atoms with E-state index < -0.39 is 0 Å². The van der Waals surface area contributed by atoms with E-state index in [0.29, 0.717) is 18.5 Å². The van der Waals surface area contributed by atoms with Crippen LogP contribution in [0.4, 0.5) is 0 Å². The molecule has 0 aliphatic rings. The number of carbonyl (C=O) groups excluding carboxylic acids is 1. The van der Waals surface area contributed by atoms with E-state index in [2.05, 4.69) is 15.7 Å². The quantitative estimate of drug-likeness (QED) is 0.712. The highest BCUT2D eigenvalue weighted by molar-refractivity contribution is 5.69. The van der Waals surface area contributed by atoms with Gasteiger partial charge in [0.15, 0.2) is 0 Å². The molecule has 0 bridgehead atoms. The van der Waals surface area contributed by atoms with Crippen molar-refractivity contribution in [3.8, 4) is 11.8 Å². The van der Waals surface area contributed by atoms with E-state index in [1.165, 1.54) is 7.11 Å². The highest BCUT2D eigenvalue weighted by Gasteiger charge is 2.08. The molecule has 0 aromatic heterocycles. The first-order valence-electron chi connectivity index (χ1n) is 6.43. The zero-order chi connectivity index (χ0) is 15.0. The van der Waals surface area contributed by atoms with Gasteiger partial charge in [-0.05, 0) is 38.2 Å². The zero-order valence-corrected chi connectivity index (χ0v) is 12.2. The van der Waals surface area contributed by atoms with E-state index in [1.807, 2.05) is 13.1 Å². The first kappa shape index (κ1) is 16.0. The highest BCUT2D eigenvalue weighted by Crippen LogP contribution is 2.21. The van der Waals surface area contributed by atoms with Gasteiger partial charge in [-0.25, -0.2) is 0 Å². The SMILES string of the molecule is COC(=O)CCCN(C)Cc1cc(C#N)ccc1OC. The van der Waals surface area contributed by atoms with Gasteiger partial charge in [-0.15, -0.1) is 0 Å². The summed E-state index contributed by atoms with van der Waals surface area (Å²) in [5, 5.41) is 8.93. The topological polar surface area (TPSA) is 62.6 Å². The molecule has 0 aliphatic carbocycles. The van der Waals surface area contributed by atoms with Crippen LogP contribution in [-0.2, 0) is 16.1 Å². The van der Waals surface area contributed by atoms with Crippen molar-refractivity contribution in [1.29, 1.82) is 5.26 Å². The fourth-order valence-corrected chi connectivity index (χ4v) is 1.94. The zero-order valence-electron chi connectivity index (χ0n) is 12.2. The number of nitriles is 1. The van der Waals surface area contributed by atoms with Gasteiger partial charge >= 0.3 is 5.97 Å². The number of hydrogen-bond acceptors (Lipinski definition) is 5. The number of nitrogens with zero attached hydrogens (tertiary/aromatic N) is 2. The summed E-state index contributed by atoms with van der Waals surface area (Å²) in [6, 6.07) is 7.49. The van der Waals surface area contributed by atoms with Crippen molar-refractivity contribution in [3.05, 3.63) is 29.3 Å². The number of hydrogen-bond donors (Lipinski definition) is 0. The van der Waals surface area contributed by atoms with Crippen LogP contribution in [0.1, 0.15) is 24.0 Å². The maximum Gasteiger partial charge on any atom is 0.305 e. The maximum absolute atomic E-state index is 11.0. The van der Waals surface area contributed by atoms with Crippen molar-refractivity contribution < 1.29 is 14.3 Å². The molecule has 5 heteroatoms. The van der Waals surface area contributed by atoms with Crippen LogP contribution in [0.2, 0.25) is 0 Å². The van der Waals surface area contributed by atoms with Crippen LogP contribution in [-0.4, -0.2) is 38.7 Å². The van der Waals surface area contributed by atoms with Gasteiger partial charge in [-0.1, -0.05) is 0 Å². The minimum atomic E-state index is -0.192. The van der Waals surface area contributed by atoms with Crippen LogP contribution in [0.15, 0.2) is 18.2 Å². The molecule has 0 radical (unpaired) electrons. The van der Waals surface area contributed by atoms with E-state index in [-0.39, 0.29) is 5.97 Å². The molecule has 0 fully saturated rings. The Kier molecular flexibility index (Phi) is 6.54. The molecule has 0 saturated heterocycles. The summed E-state index contributed by atoms with van der Waals surface area (Å²) in [5.74, 6) is 0.575. The predicted octanol–water partition coefficient (Wildman–Crippen LogP) is 1.95. The molecule has 0 spiro atoms. The van der Waals surface area contributed by atoms with Gasteiger partial charge in [0.2, 0.25) is 0 Å². The molecule has 0 unspecified atom stereocenters. The molecule has 0 heterocycles. The molecule has 5 nitrogen and oxygen atoms in total. The molecule has 0 aliphatic heterocycles. The minimum Gasteiger partial charge on any atom is -0.496 e. The Bertz CT molecular complexity index is 494. The molecule has 1 aromatic rings. The molecule has 20 heavy (non-hydrogen) atoms. The van der Waals surface area contributed by atoms with Crippen LogP contribution in [0.25, 0.3) is 0 Å². The fraction of sp³-hybridized carbons (Fsp3) is 0.467. The van der Waals surface area contributed by atoms with E-state index >= 15 is 0 Å². The van der Waals surface area contributed by atoms with E-state index in [9.17, 15) is 4.79 Å². The average Bonchev–Trinajstić information content (AvgIpc) is 2.46. The number of benzene rings is 1. The minimum absolute atomic E-state index is 0.192. The average molecular weight is 276 g/mol. The third-order valence-corrected chi connectivity index (χ3v) is 3.00. The molecule has 1 aromatic carbocycles. The summed E-state index contributed by atoms with van der Waals surface area (Å²) in [7, 11) is 4.97. The van der Waals surface area contributed by atoms with Crippen molar-refractivity contribution >= 4 is 5.97 Å². The van der Waals surface area contributed by atoms with Crippen molar-refractivity contribution in [1.82, 2.24) is 4.90 Å². The largest absolute Gasteiger partial charge is 0.496 e. The molecule has 0 N–H and O–H groups in total. The Balaban J connectivity index is 2.58. The number of rotatable bonds is 7. The summed E-state index contributed by atoms with van der Waals surface area (Å²) in [5.41, 5.74) is 1.58. The third-order valence-electron chi connectivity index (χ3n) is 3.00. The second-order valence-corrected chi connectivity index (χ2v) is 4.56. The lowest BCUT2D eigenvalue weighted by atomic mass is 10.1. The van der Waals surface area contributed by atoms with Gasteiger partial charge in [0.1, 0.15) is 5.75 Å². The van der Waals surface area contributed by atoms with E-state index in [1.54, 1.807) is 19.2 Å². The van der Waals surface area contributed by atoms with Crippen LogP contribution < -0.4 is 4.74 Å². The van der Waals surface area contributed by atoms with E-state index in [0.717, 1.165) is 24.3 Å². The maximum atomic E-state index is 11.0. The highest BCUT2D eigenvalue weighted by atomic mass is 16.5. The Hall–Kier alpha value is -2.06. The monoisotopic (exact) mass is 276 g/mol. The lowest BCUT2D eigenvalue weighted by molar-refractivity contribution is -0.140. The standard InChI is InChI=1S/C15H20N2O3/c1-17(8-4-5-15(18)20-3)11-13-9-12(10-16)6-7-14(13)19-2/h6-7,9H,4-5,8,11H2,1-3H3. The van der Waals surface area contributed by atoms with Gasteiger partial charge in [0.25, 0.3) is 0 Å². The Morgan fingerprint density at radius 3 is 2.75 bits per heavy atom. The molecule has 0 amide bonds. The molecule has 108 valence electrons. The molecule has 1 rings (SSSR count). The lowest BCUT2D eigenvalue weighted by Gasteiger charge is -2.18. The fourth-order valence-electron chi connectivity index (χ4n) is 1.94. The third kappa shape index (κ3) is 4.90. The van der Waals surface area contributed by atoms with Crippen LogP contribution in [0, 0.1) is 11.3 Å². The van der Waals surface area contributed by atoms with Crippen LogP contribution in [0.5, 0.6) is 5.75 Å². The number of carbonyl (C=O) groups is 1.